The van der Waals surface area contributed by atoms with Crippen molar-refractivity contribution in [2.75, 3.05) is 13.7 Å². The smallest absolute Gasteiger partial charge is 0.333 e. The van der Waals surface area contributed by atoms with Gasteiger partial charge in [-0.1, -0.05) is 32.3 Å². The quantitative estimate of drug-likeness (QED) is 0.592. The first-order chi connectivity index (χ1) is 8.19. The molecule has 0 aromatic rings. The Bertz CT molecular complexity index is 273. The molecule has 0 spiro atoms. The van der Waals surface area contributed by atoms with Crippen molar-refractivity contribution in [2.24, 2.45) is 5.92 Å². The Kier molecular flexibility index (Phi) is 6.27. The van der Waals surface area contributed by atoms with Gasteiger partial charge in [-0.05, 0) is 25.7 Å². The summed E-state index contributed by atoms with van der Waals surface area (Å²) in [7, 11) is 1.42. The first-order valence-electron chi connectivity index (χ1n) is 6.67. The van der Waals surface area contributed by atoms with Crippen LogP contribution in [0.25, 0.3) is 0 Å². The van der Waals surface area contributed by atoms with Gasteiger partial charge in [0.05, 0.1) is 7.11 Å². The van der Waals surface area contributed by atoms with E-state index < -0.39 is 0 Å². The Labute approximate surface area is 105 Å². The van der Waals surface area contributed by atoms with Crippen LogP contribution in [0, 0.1) is 5.92 Å². The molecule has 1 N–H and O–H groups in total. The maximum Gasteiger partial charge on any atom is 0.333 e. The predicted octanol–water partition coefficient (Wildman–Crippen LogP) is 2.66. The molecule has 2 unspecified atom stereocenters. The standard InChI is InChI=1S/C14H25NO2/c1-4-12-7-5-6-8-13(12)15-10-9-11(2)14(16)17-3/h9,12-13,15H,4-8,10H2,1-3H3/b11-9-. The molecule has 1 aliphatic rings. The highest BCUT2D eigenvalue weighted by Crippen LogP contribution is 2.26. The molecular formula is C14H25NO2. The van der Waals surface area contributed by atoms with Crippen LogP contribution in [0.4, 0.5) is 0 Å². The Hall–Kier alpha value is -0.830. The largest absolute Gasteiger partial charge is 0.466 e. The Morgan fingerprint density at radius 3 is 2.76 bits per heavy atom. The SMILES string of the molecule is CCC1CCCCC1NC/C=C(/C)C(=O)OC. The normalized spacial score (nSPS) is 25.7. The lowest BCUT2D eigenvalue weighted by atomic mass is 9.83. The molecule has 0 bridgehead atoms. The van der Waals surface area contributed by atoms with Gasteiger partial charge in [-0.25, -0.2) is 4.79 Å². The van der Waals surface area contributed by atoms with E-state index in [9.17, 15) is 4.79 Å². The Balaban J connectivity index is 2.36. The second-order valence-corrected chi connectivity index (χ2v) is 4.85. The fourth-order valence-corrected chi connectivity index (χ4v) is 2.57. The minimum Gasteiger partial charge on any atom is -0.466 e. The molecule has 1 saturated carbocycles. The molecule has 1 aliphatic carbocycles. The van der Waals surface area contributed by atoms with Crippen LogP contribution >= 0.6 is 0 Å². The lowest BCUT2D eigenvalue weighted by Gasteiger charge is -2.31. The van der Waals surface area contributed by atoms with Gasteiger partial charge in [0.25, 0.3) is 0 Å². The summed E-state index contributed by atoms with van der Waals surface area (Å²) in [5, 5.41) is 3.55. The molecule has 0 saturated heterocycles. The van der Waals surface area contributed by atoms with Crippen LogP contribution in [0.3, 0.4) is 0 Å². The number of ether oxygens (including phenoxy) is 1. The van der Waals surface area contributed by atoms with Crippen molar-refractivity contribution in [2.45, 2.75) is 52.0 Å². The third-order valence-corrected chi connectivity index (χ3v) is 3.73. The van der Waals surface area contributed by atoms with Crippen molar-refractivity contribution in [1.82, 2.24) is 5.32 Å². The molecule has 2 atom stereocenters. The molecule has 1 rings (SSSR count). The summed E-state index contributed by atoms with van der Waals surface area (Å²) in [6.07, 6.45) is 8.48. The zero-order valence-electron chi connectivity index (χ0n) is 11.3. The summed E-state index contributed by atoms with van der Waals surface area (Å²) in [6.45, 7) is 4.83. The van der Waals surface area contributed by atoms with E-state index >= 15 is 0 Å². The van der Waals surface area contributed by atoms with Crippen molar-refractivity contribution in [3.63, 3.8) is 0 Å². The number of nitrogens with one attached hydrogen (secondary N) is 1. The number of hydrogen-bond acceptors (Lipinski definition) is 3. The summed E-state index contributed by atoms with van der Waals surface area (Å²) in [5.74, 6) is 0.568. The maximum atomic E-state index is 11.2. The van der Waals surface area contributed by atoms with Gasteiger partial charge in [0.15, 0.2) is 0 Å². The molecule has 0 aliphatic heterocycles. The summed E-state index contributed by atoms with van der Waals surface area (Å²) >= 11 is 0. The zero-order chi connectivity index (χ0) is 12.7. The Morgan fingerprint density at radius 1 is 1.41 bits per heavy atom. The van der Waals surface area contributed by atoms with Gasteiger partial charge in [0.1, 0.15) is 0 Å². The summed E-state index contributed by atoms with van der Waals surface area (Å²) in [6, 6.07) is 0.621. The van der Waals surface area contributed by atoms with Crippen molar-refractivity contribution in [3.05, 3.63) is 11.6 Å². The van der Waals surface area contributed by atoms with Gasteiger partial charge in [-0.2, -0.15) is 0 Å². The minimum absolute atomic E-state index is 0.234. The number of carbonyl (C=O) groups excluding carboxylic acids is 1. The van der Waals surface area contributed by atoms with E-state index in [1.807, 2.05) is 6.08 Å². The fraction of sp³-hybridized carbons (Fsp3) is 0.786. The molecule has 17 heavy (non-hydrogen) atoms. The highest BCUT2D eigenvalue weighted by molar-refractivity contribution is 5.87. The fourth-order valence-electron chi connectivity index (χ4n) is 2.57. The monoisotopic (exact) mass is 239 g/mol. The second-order valence-electron chi connectivity index (χ2n) is 4.85. The van der Waals surface area contributed by atoms with Crippen LogP contribution in [-0.2, 0) is 9.53 Å². The van der Waals surface area contributed by atoms with Gasteiger partial charge in [0, 0.05) is 18.2 Å². The maximum absolute atomic E-state index is 11.2. The van der Waals surface area contributed by atoms with Crippen LogP contribution in [0.15, 0.2) is 11.6 Å². The number of methoxy groups -OCH3 is 1. The van der Waals surface area contributed by atoms with Gasteiger partial charge < -0.3 is 10.1 Å². The third-order valence-electron chi connectivity index (χ3n) is 3.73. The Morgan fingerprint density at radius 2 is 2.12 bits per heavy atom. The summed E-state index contributed by atoms with van der Waals surface area (Å²) < 4.78 is 4.66. The topological polar surface area (TPSA) is 38.3 Å². The van der Waals surface area contributed by atoms with Crippen LogP contribution in [0.5, 0.6) is 0 Å². The molecule has 0 radical (unpaired) electrons. The first kappa shape index (κ1) is 14.2. The van der Waals surface area contributed by atoms with Crippen LogP contribution in [0.2, 0.25) is 0 Å². The van der Waals surface area contributed by atoms with Gasteiger partial charge in [-0.15, -0.1) is 0 Å². The van der Waals surface area contributed by atoms with Gasteiger partial charge in [0.2, 0.25) is 0 Å². The van der Waals surface area contributed by atoms with Gasteiger partial charge >= 0.3 is 5.97 Å². The number of rotatable bonds is 5. The van der Waals surface area contributed by atoms with Crippen molar-refractivity contribution in [1.29, 1.82) is 0 Å². The average molecular weight is 239 g/mol. The van der Waals surface area contributed by atoms with E-state index in [1.165, 1.54) is 39.2 Å². The molecule has 1 fully saturated rings. The number of esters is 1. The molecule has 3 heteroatoms. The summed E-state index contributed by atoms with van der Waals surface area (Å²) in [5.41, 5.74) is 0.684. The predicted molar refractivity (Wildman–Crippen MR) is 69.8 cm³/mol. The molecule has 0 aromatic carbocycles. The highest BCUT2D eigenvalue weighted by Gasteiger charge is 2.22. The number of carbonyl (C=O) groups is 1. The van der Waals surface area contributed by atoms with Crippen LogP contribution in [0.1, 0.15) is 46.0 Å². The van der Waals surface area contributed by atoms with E-state index in [4.69, 9.17) is 0 Å². The van der Waals surface area contributed by atoms with E-state index in [0.29, 0.717) is 11.6 Å². The van der Waals surface area contributed by atoms with Crippen molar-refractivity contribution < 1.29 is 9.53 Å². The molecule has 98 valence electrons. The third kappa shape index (κ3) is 4.50. The van der Waals surface area contributed by atoms with E-state index in [2.05, 4.69) is 17.0 Å². The molecule has 3 nitrogen and oxygen atoms in total. The second kappa shape index (κ2) is 7.49. The van der Waals surface area contributed by atoms with Crippen LogP contribution in [-0.4, -0.2) is 25.7 Å². The lowest BCUT2D eigenvalue weighted by Crippen LogP contribution is -2.38. The lowest BCUT2D eigenvalue weighted by molar-refractivity contribution is -0.136. The average Bonchev–Trinajstić information content (AvgIpc) is 2.38. The van der Waals surface area contributed by atoms with E-state index in [1.54, 1.807) is 6.92 Å². The zero-order valence-corrected chi connectivity index (χ0v) is 11.3. The van der Waals surface area contributed by atoms with E-state index in [0.717, 1.165) is 12.5 Å². The molecule has 0 heterocycles. The molecule has 0 aromatic heterocycles. The highest BCUT2D eigenvalue weighted by atomic mass is 16.5. The minimum atomic E-state index is -0.234. The van der Waals surface area contributed by atoms with Crippen molar-refractivity contribution >= 4 is 5.97 Å². The van der Waals surface area contributed by atoms with Crippen molar-refractivity contribution in [3.8, 4) is 0 Å². The molecular weight excluding hydrogens is 214 g/mol. The number of hydrogen-bond donors (Lipinski definition) is 1. The van der Waals surface area contributed by atoms with Gasteiger partial charge in [-0.3, -0.25) is 0 Å². The van der Waals surface area contributed by atoms with E-state index in [-0.39, 0.29) is 5.97 Å². The molecule has 0 amide bonds. The van der Waals surface area contributed by atoms with Crippen LogP contribution < -0.4 is 5.32 Å². The first-order valence-corrected chi connectivity index (χ1v) is 6.67. The summed E-state index contributed by atoms with van der Waals surface area (Å²) in [4.78, 5) is 11.2.